The third-order valence-corrected chi connectivity index (χ3v) is 3.67. The van der Waals surface area contributed by atoms with Crippen molar-refractivity contribution in [1.29, 1.82) is 0 Å². The normalized spacial score (nSPS) is 12.7. The third kappa shape index (κ3) is 2.23. The first-order chi connectivity index (χ1) is 8.15. The predicted molar refractivity (Wildman–Crippen MR) is 66.3 cm³/mol. The van der Waals surface area contributed by atoms with Gasteiger partial charge in [0.25, 0.3) is 0 Å². The number of thiophene rings is 1. The maximum atomic E-state index is 13.8. The van der Waals surface area contributed by atoms with E-state index >= 15 is 0 Å². The number of benzene rings is 1. The summed E-state index contributed by atoms with van der Waals surface area (Å²) in [5.41, 5.74) is 2.41. The van der Waals surface area contributed by atoms with Gasteiger partial charge in [-0.3, -0.25) is 0 Å². The van der Waals surface area contributed by atoms with Crippen LogP contribution in [0.4, 0.5) is 8.78 Å². The monoisotopic (exact) mass is 253 g/mol. The van der Waals surface area contributed by atoms with Crippen LogP contribution < -0.4 is 5.32 Å². The van der Waals surface area contributed by atoms with E-state index in [0.29, 0.717) is 5.56 Å². The Morgan fingerprint density at radius 1 is 1.18 bits per heavy atom. The van der Waals surface area contributed by atoms with Crippen LogP contribution in [-0.2, 0) is 0 Å². The first-order valence-corrected chi connectivity index (χ1v) is 6.23. The molecule has 1 aromatic heterocycles. The van der Waals surface area contributed by atoms with E-state index in [2.05, 4.69) is 5.32 Å². The number of aryl methyl sites for hydroxylation is 1. The molecule has 0 spiro atoms. The van der Waals surface area contributed by atoms with Crippen LogP contribution in [0.3, 0.4) is 0 Å². The number of rotatable bonds is 3. The SMILES string of the molecule is CNC(c1cscc1C)c1cccc(F)c1F. The average Bonchev–Trinajstić information content (AvgIpc) is 2.72. The van der Waals surface area contributed by atoms with Crippen LogP contribution in [0, 0.1) is 18.6 Å². The summed E-state index contributed by atoms with van der Waals surface area (Å²) >= 11 is 1.56. The Morgan fingerprint density at radius 2 is 1.94 bits per heavy atom. The van der Waals surface area contributed by atoms with E-state index in [1.807, 2.05) is 17.7 Å². The lowest BCUT2D eigenvalue weighted by Gasteiger charge is -2.17. The second-order valence-electron chi connectivity index (χ2n) is 3.87. The van der Waals surface area contributed by atoms with Gasteiger partial charge in [0.15, 0.2) is 11.6 Å². The third-order valence-electron chi connectivity index (χ3n) is 2.79. The summed E-state index contributed by atoms with van der Waals surface area (Å²) in [6, 6.07) is 3.96. The lowest BCUT2D eigenvalue weighted by atomic mass is 9.98. The molecule has 0 aliphatic heterocycles. The molecule has 0 aliphatic carbocycles. The topological polar surface area (TPSA) is 12.0 Å². The Kier molecular flexibility index (Phi) is 3.54. The maximum absolute atomic E-state index is 13.8. The van der Waals surface area contributed by atoms with Crippen molar-refractivity contribution >= 4 is 11.3 Å². The van der Waals surface area contributed by atoms with Gasteiger partial charge >= 0.3 is 0 Å². The van der Waals surface area contributed by atoms with E-state index in [4.69, 9.17) is 0 Å². The minimum atomic E-state index is -0.810. The molecule has 0 saturated heterocycles. The van der Waals surface area contributed by atoms with Gasteiger partial charge in [0, 0.05) is 5.56 Å². The maximum Gasteiger partial charge on any atom is 0.163 e. The Bertz CT molecular complexity index is 522. The first-order valence-electron chi connectivity index (χ1n) is 5.29. The van der Waals surface area contributed by atoms with Crippen LogP contribution in [-0.4, -0.2) is 7.05 Å². The van der Waals surface area contributed by atoms with Crippen LogP contribution in [0.15, 0.2) is 29.0 Å². The minimum Gasteiger partial charge on any atom is -0.309 e. The molecule has 1 heterocycles. The highest BCUT2D eigenvalue weighted by atomic mass is 32.1. The Morgan fingerprint density at radius 3 is 2.53 bits per heavy atom. The zero-order valence-electron chi connectivity index (χ0n) is 9.63. The number of nitrogens with one attached hydrogen (secondary N) is 1. The molecule has 0 saturated carbocycles. The molecule has 1 unspecified atom stereocenters. The van der Waals surface area contributed by atoms with E-state index in [0.717, 1.165) is 17.2 Å². The van der Waals surface area contributed by atoms with Gasteiger partial charge in [-0.15, -0.1) is 0 Å². The van der Waals surface area contributed by atoms with Gasteiger partial charge in [0.1, 0.15) is 0 Å². The first kappa shape index (κ1) is 12.2. The summed E-state index contributed by atoms with van der Waals surface area (Å²) < 4.78 is 27.0. The van der Waals surface area contributed by atoms with Crippen LogP contribution in [0.5, 0.6) is 0 Å². The van der Waals surface area contributed by atoms with E-state index in [1.54, 1.807) is 24.5 Å². The van der Waals surface area contributed by atoms with Gasteiger partial charge in [-0.2, -0.15) is 11.3 Å². The Balaban J connectivity index is 2.50. The molecule has 1 atom stereocenters. The summed E-state index contributed by atoms with van der Waals surface area (Å²) in [7, 11) is 1.74. The van der Waals surface area contributed by atoms with Crippen LogP contribution in [0.2, 0.25) is 0 Å². The summed E-state index contributed by atoms with van der Waals surface area (Å²) in [5, 5.41) is 6.99. The molecule has 2 aromatic rings. The molecule has 2 rings (SSSR count). The van der Waals surface area contributed by atoms with Crippen molar-refractivity contribution in [3.05, 3.63) is 57.3 Å². The fraction of sp³-hybridized carbons (Fsp3) is 0.231. The van der Waals surface area contributed by atoms with Crippen LogP contribution in [0.25, 0.3) is 0 Å². The highest BCUT2D eigenvalue weighted by Crippen LogP contribution is 2.29. The standard InChI is InChI=1S/C13H13F2NS/c1-8-6-17-7-10(8)13(16-2)9-4-3-5-11(14)12(9)15/h3-7,13,16H,1-2H3. The van der Waals surface area contributed by atoms with Gasteiger partial charge in [-0.25, -0.2) is 8.78 Å². The van der Waals surface area contributed by atoms with E-state index < -0.39 is 11.6 Å². The molecule has 17 heavy (non-hydrogen) atoms. The van der Waals surface area contributed by atoms with Crippen molar-refractivity contribution in [2.75, 3.05) is 7.05 Å². The highest BCUT2D eigenvalue weighted by Gasteiger charge is 2.20. The highest BCUT2D eigenvalue weighted by molar-refractivity contribution is 7.08. The number of hydrogen-bond acceptors (Lipinski definition) is 2. The van der Waals surface area contributed by atoms with Crippen LogP contribution in [0.1, 0.15) is 22.7 Å². The van der Waals surface area contributed by atoms with Crippen molar-refractivity contribution < 1.29 is 8.78 Å². The molecule has 0 fully saturated rings. The van der Waals surface area contributed by atoms with E-state index in [9.17, 15) is 8.78 Å². The molecule has 0 aliphatic rings. The van der Waals surface area contributed by atoms with Crippen molar-refractivity contribution in [1.82, 2.24) is 5.32 Å². The van der Waals surface area contributed by atoms with Gasteiger partial charge in [-0.1, -0.05) is 12.1 Å². The minimum absolute atomic E-state index is 0.308. The fourth-order valence-electron chi connectivity index (χ4n) is 1.89. The lowest BCUT2D eigenvalue weighted by Crippen LogP contribution is -2.19. The molecule has 1 aromatic carbocycles. The largest absolute Gasteiger partial charge is 0.309 e. The summed E-state index contributed by atoms with van der Waals surface area (Å²) in [6.07, 6.45) is 0. The number of halogens is 2. The van der Waals surface area contributed by atoms with Crippen LogP contribution >= 0.6 is 11.3 Å². The molecule has 0 amide bonds. The molecule has 1 nitrogen and oxygen atoms in total. The molecule has 90 valence electrons. The summed E-state index contributed by atoms with van der Waals surface area (Å²) in [6.45, 7) is 1.97. The zero-order valence-corrected chi connectivity index (χ0v) is 10.4. The Hall–Kier alpha value is -1.26. The summed E-state index contributed by atoms with van der Waals surface area (Å²) in [4.78, 5) is 0. The molecule has 0 radical (unpaired) electrons. The van der Waals surface area contributed by atoms with Gasteiger partial charge in [0.2, 0.25) is 0 Å². The van der Waals surface area contributed by atoms with Crippen molar-refractivity contribution in [2.24, 2.45) is 0 Å². The predicted octanol–water partition coefficient (Wildman–Crippen LogP) is 3.64. The smallest absolute Gasteiger partial charge is 0.163 e. The van der Waals surface area contributed by atoms with Crippen molar-refractivity contribution in [2.45, 2.75) is 13.0 Å². The second kappa shape index (κ2) is 4.94. The quantitative estimate of drug-likeness (QED) is 0.880. The average molecular weight is 253 g/mol. The zero-order chi connectivity index (χ0) is 12.4. The molecular formula is C13H13F2NS. The second-order valence-corrected chi connectivity index (χ2v) is 4.62. The summed E-state index contributed by atoms with van der Waals surface area (Å²) in [5.74, 6) is -1.59. The molecular weight excluding hydrogens is 240 g/mol. The van der Waals surface area contributed by atoms with E-state index in [-0.39, 0.29) is 6.04 Å². The van der Waals surface area contributed by atoms with E-state index in [1.165, 1.54) is 6.07 Å². The molecule has 1 N–H and O–H groups in total. The van der Waals surface area contributed by atoms with Gasteiger partial charge in [0.05, 0.1) is 6.04 Å². The van der Waals surface area contributed by atoms with Crippen molar-refractivity contribution in [3.8, 4) is 0 Å². The molecule has 4 heteroatoms. The van der Waals surface area contributed by atoms with Crippen molar-refractivity contribution in [3.63, 3.8) is 0 Å². The number of hydrogen-bond donors (Lipinski definition) is 1. The van der Waals surface area contributed by atoms with Gasteiger partial charge in [-0.05, 0) is 41.9 Å². The fourth-order valence-corrected chi connectivity index (χ4v) is 2.76. The molecule has 0 bridgehead atoms. The lowest BCUT2D eigenvalue weighted by molar-refractivity contribution is 0.487. The Labute approximate surface area is 103 Å². The van der Waals surface area contributed by atoms with Gasteiger partial charge < -0.3 is 5.32 Å².